The Bertz CT molecular complexity index is 1860. The number of carboxylic acids is 1. The lowest BCUT2D eigenvalue weighted by Gasteiger charge is -2.15. The molecule has 3 aromatic heterocycles. The van der Waals surface area contributed by atoms with Gasteiger partial charge < -0.3 is 19.6 Å². The maximum absolute atomic E-state index is 15.3. The molecule has 5 aromatic rings. The standard InChI is InChI=1S/C27H19FN4O4/c28-17-12-21-22(15-7-2-1-6-14(15)17)23(16-8-5-11-29-25(16)33)24(27(35)36)32(21)13-20-26(34)31-19-10-4-3-9-18(19)30-20/h1,3-6,8-12H,2,7,13H2,(H,29,33)(H,31,34)(H,35,36). The number of hydrogen-bond donors (Lipinski definition) is 3. The van der Waals surface area contributed by atoms with Crippen LogP contribution >= 0.6 is 0 Å². The lowest BCUT2D eigenvalue weighted by atomic mass is 9.90. The van der Waals surface area contributed by atoms with E-state index < -0.39 is 22.9 Å². The van der Waals surface area contributed by atoms with E-state index in [0.29, 0.717) is 40.4 Å². The number of aryl methyl sites for hydroxylation is 1. The number of aromatic carboxylic acids is 1. The number of pyridine rings is 1. The van der Waals surface area contributed by atoms with E-state index >= 15 is 4.39 Å². The van der Waals surface area contributed by atoms with Crippen molar-refractivity contribution in [3.8, 4) is 11.1 Å². The Hall–Kier alpha value is -4.79. The fourth-order valence-electron chi connectivity index (χ4n) is 5.03. The van der Waals surface area contributed by atoms with Crippen molar-refractivity contribution < 1.29 is 14.3 Å². The Morgan fingerprint density at radius 2 is 1.97 bits per heavy atom. The van der Waals surface area contributed by atoms with E-state index in [1.54, 1.807) is 42.5 Å². The summed E-state index contributed by atoms with van der Waals surface area (Å²) in [4.78, 5) is 48.2. The number of allylic oxidation sites excluding steroid dienone is 1. The summed E-state index contributed by atoms with van der Waals surface area (Å²) in [5, 5.41) is 10.8. The van der Waals surface area contributed by atoms with E-state index in [4.69, 9.17) is 0 Å². The molecule has 0 bridgehead atoms. The molecule has 1 aliphatic carbocycles. The summed E-state index contributed by atoms with van der Waals surface area (Å²) >= 11 is 0. The molecule has 0 spiro atoms. The van der Waals surface area contributed by atoms with Gasteiger partial charge in [-0.25, -0.2) is 14.2 Å². The molecular weight excluding hydrogens is 463 g/mol. The molecule has 2 aromatic carbocycles. The van der Waals surface area contributed by atoms with Gasteiger partial charge in [0.2, 0.25) is 0 Å². The van der Waals surface area contributed by atoms with Crippen LogP contribution in [0.25, 0.3) is 39.1 Å². The molecule has 0 aliphatic heterocycles. The van der Waals surface area contributed by atoms with Crippen molar-refractivity contribution >= 4 is 34.0 Å². The normalized spacial score (nSPS) is 12.8. The topological polar surface area (TPSA) is 121 Å². The summed E-state index contributed by atoms with van der Waals surface area (Å²) in [6.45, 7) is -0.225. The Balaban J connectivity index is 1.73. The van der Waals surface area contributed by atoms with Crippen LogP contribution in [0.5, 0.6) is 0 Å². The van der Waals surface area contributed by atoms with Gasteiger partial charge in [-0.1, -0.05) is 24.3 Å². The first-order valence-corrected chi connectivity index (χ1v) is 11.4. The zero-order valence-corrected chi connectivity index (χ0v) is 18.8. The molecule has 3 N–H and O–H groups in total. The van der Waals surface area contributed by atoms with E-state index in [9.17, 15) is 19.5 Å². The number of aromatic amines is 2. The monoisotopic (exact) mass is 482 g/mol. The Morgan fingerprint density at radius 3 is 2.78 bits per heavy atom. The van der Waals surface area contributed by atoms with Crippen molar-refractivity contribution in [2.24, 2.45) is 0 Å². The fraction of sp³-hybridized carbons (Fsp3) is 0.111. The molecule has 0 amide bonds. The third-order valence-electron chi connectivity index (χ3n) is 6.56. The van der Waals surface area contributed by atoms with E-state index in [-0.39, 0.29) is 34.6 Å². The molecule has 9 heteroatoms. The van der Waals surface area contributed by atoms with Gasteiger partial charge in [-0.3, -0.25) is 9.59 Å². The van der Waals surface area contributed by atoms with Crippen LogP contribution in [0.3, 0.4) is 0 Å². The van der Waals surface area contributed by atoms with Crippen LogP contribution in [-0.4, -0.2) is 30.6 Å². The van der Waals surface area contributed by atoms with Crippen LogP contribution < -0.4 is 11.1 Å². The van der Waals surface area contributed by atoms with E-state index in [1.165, 1.54) is 16.8 Å². The largest absolute Gasteiger partial charge is 0.477 e. The predicted octanol–water partition coefficient (Wildman–Crippen LogP) is 4.08. The minimum absolute atomic E-state index is 0.0691. The molecule has 0 radical (unpaired) electrons. The summed E-state index contributed by atoms with van der Waals surface area (Å²) < 4.78 is 16.6. The average molecular weight is 482 g/mol. The van der Waals surface area contributed by atoms with E-state index in [2.05, 4.69) is 15.0 Å². The van der Waals surface area contributed by atoms with Gasteiger partial charge in [0.05, 0.1) is 23.1 Å². The second-order valence-corrected chi connectivity index (χ2v) is 8.64. The molecule has 0 saturated heterocycles. The number of aromatic nitrogens is 4. The van der Waals surface area contributed by atoms with Crippen molar-refractivity contribution in [3.63, 3.8) is 0 Å². The maximum Gasteiger partial charge on any atom is 0.353 e. The molecule has 36 heavy (non-hydrogen) atoms. The minimum Gasteiger partial charge on any atom is -0.477 e. The SMILES string of the molecule is O=C(O)c1c(-c2ccc[nH]c2=O)c2c3c(c(F)cc2n1Cc1nc2ccccc2[nH]c1=O)C=CCC3. The number of hydrogen-bond acceptors (Lipinski definition) is 4. The third kappa shape index (κ3) is 3.28. The highest BCUT2D eigenvalue weighted by Gasteiger charge is 2.30. The van der Waals surface area contributed by atoms with Gasteiger partial charge in [0.1, 0.15) is 17.2 Å². The molecule has 178 valence electrons. The molecular formula is C27H19FN4O4. The van der Waals surface area contributed by atoms with Gasteiger partial charge in [-0.05, 0) is 48.7 Å². The van der Waals surface area contributed by atoms with Crippen molar-refractivity contribution in [2.75, 3.05) is 0 Å². The smallest absolute Gasteiger partial charge is 0.353 e. The van der Waals surface area contributed by atoms with Crippen molar-refractivity contribution in [1.82, 2.24) is 19.5 Å². The number of benzene rings is 2. The number of carboxylic acid groups (broad SMARTS) is 1. The summed E-state index contributed by atoms with van der Waals surface area (Å²) in [7, 11) is 0. The third-order valence-corrected chi connectivity index (χ3v) is 6.56. The summed E-state index contributed by atoms with van der Waals surface area (Å²) in [6, 6.07) is 11.4. The van der Waals surface area contributed by atoms with Crippen LogP contribution in [0.4, 0.5) is 4.39 Å². The first-order valence-electron chi connectivity index (χ1n) is 11.4. The zero-order chi connectivity index (χ0) is 25.0. The lowest BCUT2D eigenvalue weighted by molar-refractivity contribution is 0.0687. The molecule has 1 aliphatic rings. The van der Waals surface area contributed by atoms with Crippen molar-refractivity contribution in [3.05, 3.63) is 104 Å². The molecule has 8 nitrogen and oxygen atoms in total. The highest BCUT2D eigenvalue weighted by Crippen LogP contribution is 2.40. The number of fused-ring (bicyclic) bond motifs is 4. The van der Waals surface area contributed by atoms with Gasteiger partial charge in [0.25, 0.3) is 11.1 Å². The second-order valence-electron chi connectivity index (χ2n) is 8.64. The van der Waals surface area contributed by atoms with Gasteiger partial charge in [-0.2, -0.15) is 0 Å². The molecule has 6 rings (SSSR count). The molecule has 0 saturated carbocycles. The van der Waals surface area contributed by atoms with Crippen LogP contribution in [0.1, 0.15) is 33.7 Å². The second kappa shape index (κ2) is 8.16. The van der Waals surface area contributed by atoms with E-state index in [1.807, 2.05) is 6.08 Å². The Morgan fingerprint density at radius 1 is 1.14 bits per heavy atom. The molecule has 0 atom stereocenters. The molecule has 0 unspecified atom stereocenters. The lowest BCUT2D eigenvalue weighted by Crippen LogP contribution is -2.20. The van der Waals surface area contributed by atoms with Crippen LogP contribution in [0, 0.1) is 5.82 Å². The summed E-state index contributed by atoms with van der Waals surface area (Å²) in [6.07, 6.45) is 6.13. The number of para-hydroxylation sites is 2. The molecule has 0 fully saturated rings. The van der Waals surface area contributed by atoms with Crippen molar-refractivity contribution in [2.45, 2.75) is 19.4 Å². The van der Waals surface area contributed by atoms with Gasteiger partial charge in [0, 0.05) is 28.3 Å². The zero-order valence-electron chi connectivity index (χ0n) is 18.8. The summed E-state index contributed by atoms with van der Waals surface area (Å²) in [5.41, 5.74) is 1.64. The number of rotatable bonds is 4. The number of halogens is 1. The predicted molar refractivity (Wildman–Crippen MR) is 134 cm³/mol. The first-order chi connectivity index (χ1) is 17.4. The number of nitrogens with zero attached hydrogens (tertiary/aromatic N) is 2. The average Bonchev–Trinajstić information content (AvgIpc) is 3.19. The summed E-state index contributed by atoms with van der Waals surface area (Å²) in [5.74, 6) is -1.81. The van der Waals surface area contributed by atoms with Crippen LogP contribution in [-0.2, 0) is 13.0 Å². The quantitative estimate of drug-likeness (QED) is 0.357. The first kappa shape index (κ1) is 21.7. The number of carbonyl (C=O) groups is 1. The van der Waals surface area contributed by atoms with Crippen LogP contribution in [0.2, 0.25) is 0 Å². The Labute approximate surface area is 202 Å². The number of nitrogens with one attached hydrogen (secondary N) is 2. The van der Waals surface area contributed by atoms with Gasteiger partial charge in [0.15, 0.2) is 0 Å². The van der Waals surface area contributed by atoms with Crippen LogP contribution in [0.15, 0.2) is 64.3 Å². The van der Waals surface area contributed by atoms with Gasteiger partial charge in [-0.15, -0.1) is 0 Å². The molecule has 3 heterocycles. The maximum atomic E-state index is 15.3. The van der Waals surface area contributed by atoms with Crippen molar-refractivity contribution in [1.29, 1.82) is 0 Å². The Kier molecular flexibility index (Phi) is 4.92. The fourth-order valence-corrected chi connectivity index (χ4v) is 5.03. The van der Waals surface area contributed by atoms with Gasteiger partial charge >= 0.3 is 5.97 Å². The van der Waals surface area contributed by atoms with E-state index in [0.717, 1.165) is 0 Å². The number of H-pyrrole nitrogens is 2. The minimum atomic E-state index is -1.30. The highest BCUT2D eigenvalue weighted by atomic mass is 19.1. The highest BCUT2D eigenvalue weighted by molar-refractivity contribution is 6.10.